The predicted molar refractivity (Wildman–Crippen MR) is 76.2 cm³/mol. The minimum absolute atomic E-state index is 0.0557. The van der Waals surface area contributed by atoms with Gasteiger partial charge in [-0.2, -0.15) is 0 Å². The molecule has 0 aromatic heterocycles. The minimum atomic E-state index is -3.81. The summed E-state index contributed by atoms with van der Waals surface area (Å²) in [5, 5.41) is 0. The molecule has 1 atom stereocenters. The maximum Gasteiger partial charge on any atom is 0.240 e. The second-order valence-electron chi connectivity index (χ2n) is 6.17. The Balaban J connectivity index is 2.89. The van der Waals surface area contributed by atoms with Crippen molar-refractivity contribution in [2.45, 2.75) is 33.6 Å². The van der Waals surface area contributed by atoms with Gasteiger partial charge in [0.1, 0.15) is 11.6 Å². The molecule has 21 heavy (non-hydrogen) atoms. The van der Waals surface area contributed by atoms with Gasteiger partial charge < -0.3 is 0 Å². The number of hydrogen-bond donors (Lipinski definition) is 1. The van der Waals surface area contributed by atoms with Crippen molar-refractivity contribution in [3.63, 3.8) is 0 Å². The van der Waals surface area contributed by atoms with Crippen LogP contribution in [0.4, 0.5) is 8.78 Å². The average molecular weight is 319 g/mol. The van der Waals surface area contributed by atoms with E-state index >= 15 is 0 Å². The van der Waals surface area contributed by atoms with Crippen LogP contribution in [0.3, 0.4) is 0 Å². The zero-order chi connectivity index (χ0) is 16.4. The molecule has 1 N–H and O–H groups in total. The van der Waals surface area contributed by atoms with E-state index in [0.29, 0.717) is 6.07 Å². The highest BCUT2D eigenvalue weighted by Gasteiger charge is 2.27. The fourth-order valence-electron chi connectivity index (χ4n) is 1.84. The summed E-state index contributed by atoms with van der Waals surface area (Å²) < 4.78 is 52.0. The molecule has 0 aliphatic carbocycles. The highest BCUT2D eigenvalue weighted by molar-refractivity contribution is 7.90. The number of hydrogen-bond acceptors (Lipinski definition) is 3. The van der Waals surface area contributed by atoms with Crippen molar-refractivity contribution < 1.29 is 22.0 Å². The molecule has 0 aliphatic rings. The van der Waals surface area contributed by atoms with Crippen molar-refractivity contribution in [2.75, 3.05) is 5.75 Å². The van der Waals surface area contributed by atoms with E-state index in [0.717, 1.165) is 12.1 Å². The van der Waals surface area contributed by atoms with Crippen LogP contribution in [-0.2, 0) is 14.8 Å². The normalized spacial score (nSPS) is 13.8. The number of carbonyl (C=O) groups is 1. The lowest BCUT2D eigenvalue weighted by Crippen LogP contribution is -2.38. The summed E-state index contributed by atoms with van der Waals surface area (Å²) in [6.45, 7) is 6.53. The molecule has 1 aromatic rings. The zero-order valence-electron chi connectivity index (χ0n) is 12.4. The lowest BCUT2D eigenvalue weighted by Gasteiger charge is -2.19. The van der Waals surface area contributed by atoms with Gasteiger partial charge in [0, 0.05) is 11.6 Å². The highest BCUT2D eigenvalue weighted by Crippen LogP contribution is 2.21. The predicted octanol–water partition coefficient (Wildman–Crippen LogP) is 2.56. The summed E-state index contributed by atoms with van der Waals surface area (Å²) in [7, 11) is -3.81. The van der Waals surface area contributed by atoms with Gasteiger partial charge in [0.15, 0.2) is 0 Å². The second kappa shape index (κ2) is 6.09. The van der Waals surface area contributed by atoms with Crippen LogP contribution >= 0.6 is 0 Å². The molecule has 0 bridgehead atoms. The van der Waals surface area contributed by atoms with Crippen LogP contribution in [0.25, 0.3) is 0 Å². The molecule has 0 unspecified atom stereocenters. The lowest BCUT2D eigenvalue weighted by atomic mass is 10.0. The quantitative estimate of drug-likeness (QED) is 0.927. The van der Waals surface area contributed by atoms with Gasteiger partial charge >= 0.3 is 0 Å². The SMILES string of the molecule is C[C@H](C(=O)NS(=O)(=O)CC(C)(C)C)c1ccc(F)cc1F. The minimum Gasteiger partial charge on any atom is -0.273 e. The molecule has 0 saturated carbocycles. The largest absolute Gasteiger partial charge is 0.273 e. The topological polar surface area (TPSA) is 63.2 Å². The van der Waals surface area contributed by atoms with Crippen molar-refractivity contribution in [2.24, 2.45) is 5.41 Å². The molecule has 4 nitrogen and oxygen atoms in total. The van der Waals surface area contributed by atoms with Crippen molar-refractivity contribution >= 4 is 15.9 Å². The van der Waals surface area contributed by atoms with Crippen LogP contribution in [0.15, 0.2) is 18.2 Å². The Bertz CT molecular complexity index is 636. The van der Waals surface area contributed by atoms with E-state index < -0.39 is 38.9 Å². The molecule has 1 aromatic carbocycles. The Kier molecular flexibility index (Phi) is 5.09. The van der Waals surface area contributed by atoms with Crippen LogP contribution in [-0.4, -0.2) is 20.1 Å². The van der Waals surface area contributed by atoms with Gasteiger partial charge in [-0.25, -0.2) is 17.2 Å². The first-order valence-corrected chi connectivity index (χ1v) is 8.06. The van der Waals surface area contributed by atoms with E-state index in [-0.39, 0.29) is 11.3 Å². The second-order valence-corrected chi connectivity index (χ2v) is 7.90. The number of rotatable bonds is 4. The molecule has 7 heteroatoms. The third kappa shape index (κ3) is 5.41. The van der Waals surface area contributed by atoms with Crippen LogP contribution in [0, 0.1) is 17.0 Å². The van der Waals surface area contributed by atoms with Gasteiger partial charge in [0.25, 0.3) is 0 Å². The monoisotopic (exact) mass is 319 g/mol. The molecule has 1 amide bonds. The van der Waals surface area contributed by atoms with Crippen LogP contribution in [0.5, 0.6) is 0 Å². The summed E-state index contributed by atoms with van der Waals surface area (Å²) in [4.78, 5) is 11.9. The Morgan fingerprint density at radius 2 is 1.86 bits per heavy atom. The number of halogens is 2. The first kappa shape index (κ1) is 17.6. The Labute approximate surface area is 123 Å². The molecule has 0 aliphatic heterocycles. The third-order valence-electron chi connectivity index (χ3n) is 2.70. The van der Waals surface area contributed by atoms with Crippen LogP contribution < -0.4 is 4.72 Å². The van der Waals surface area contributed by atoms with Gasteiger partial charge in [-0.15, -0.1) is 0 Å². The fourth-order valence-corrected chi connectivity index (χ4v) is 3.54. The Morgan fingerprint density at radius 1 is 1.29 bits per heavy atom. The van der Waals surface area contributed by atoms with Gasteiger partial charge in [-0.3, -0.25) is 9.52 Å². The molecule has 118 valence electrons. The van der Waals surface area contributed by atoms with E-state index in [9.17, 15) is 22.0 Å². The van der Waals surface area contributed by atoms with Gasteiger partial charge in [0.05, 0.1) is 11.7 Å². The van der Waals surface area contributed by atoms with E-state index in [1.165, 1.54) is 6.92 Å². The van der Waals surface area contributed by atoms with E-state index in [4.69, 9.17) is 0 Å². The maximum atomic E-state index is 13.6. The zero-order valence-corrected chi connectivity index (χ0v) is 13.2. The fraction of sp³-hybridized carbons (Fsp3) is 0.500. The molecule has 0 fully saturated rings. The average Bonchev–Trinajstić information content (AvgIpc) is 2.23. The molecule has 0 spiro atoms. The van der Waals surface area contributed by atoms with Crippen molar-refractivity contribution in [1.82, 2.24) is 4.72 Å². The van der Waals surface area contributed by atoms with E-state index in [1.54, 1.807) is 20.8 Å². The van der Waals surface area contributed by atoms with E-state index in [1.807, 2.05) is 4.72 Å². The van der Waals surface area contributed by atoms with Crippen molar-refractivity contribution in [3.05, 3.63) is 35.4 Å². The molecular formula is C14H19F2NO3S. The highest BCUT2D eigenvalue weighted by atomic mass is 32.2. The number of benzene rings is 1. The lowest BCUT2D eigenvalue weighted by molar-refractivity contribution is -0.120. The van der Waals surface area contributed by atoms with E-state index in [2.05, 4.69) is 0 Å². The number of nitrogens with one attached hydrogen (secondary N) is 1. The summed E-state index contributed by atoms with van der Waals surface area (Å²) in [5.41, 5.74) is -0.573. The number of amides is 1. The van der Waals surface area contributed by atoms with Crippen molar-refractivity contribution in [3.8, 4) is 0 Å². The van der Waals surface area contributed by atoms with Crippen LogP contribution in [0.1, 0.15) is 39.2 Å². The smallest absolute Gasteiger partial charge is 0.240 e. The Morgan fingerprint density at radius 3 is 2.33 bits per heavy atom. The molecule has 0 heterocycles. The maximum absolute atomic E-state index is 13.6. The van der Waals surface area contributed by atoms with Gasteiger partial charge in [-0.05, 0) is 18.4 Å². The molecule has 1 rings (SSSR count). The Hall–Kier alpha value is -1.50. The third-order valence-corrected chi connectivity index (χ3v) is 4.46. The van der Waals surface area contributed by atoms with Gasteiger partial charge in [0.2, 0.25) is 15.9 Å². The summed E-state index contributed by atoms with van der Waals surface area (Å²) >= 11 is 0. The first-order valence-electron chi connectivity index (χ1n) is 6.40. The molecule has 0 saturated heterocycles. The summed E-state index contributed by atoms with van der Waals surface area (Å²) in [5.74, 6) is -3.76. The van der Waals surface area contributed by atoms with Crippen molar-refractivity contribution in [1.29, 1.82) is 0 Å². The van der Waals surface area contributed by atoms with Gasteiger partial charge in [-0.1, -0.05) is 26.8 Å². The summed E-state index contributed by atoms with van der Waals surface area (Å²) in [6, 6.07) is 2.81. The number of sulfonamides is 1. The molecular weight excluding hydrogens is 300 g/mol. The first-order chi connectivity index (χ1) is 9.41. The standard InChI is InChI=1S/C14H19F2NO3S/c1-9(11-6-5-10(15)7-12(11)16)13(18)17-21(19,20)8-14(2,3)4/h5-7,9H,8H2,1-4H3,(H,17,18)/t9-/m0/s1. The molecule has 0 radical (unpaired) electrons. The number of carbonyl (C=O) groups excluding carboxylic acids is 1. The van der Waals surface area contributed by atoms with Crippen LogP contribution in [0.2, 0.25) is 0 Å². The summed E-state index contributed by atoms with van der Waals surface area (Å²) in [6.07, 6.45) is 0.